The standard InChI is InChI=1S/C36H47N5O7/c1-22(2)16-27-19-41(36(45)32-33(23(3)4)48-21-38-32)20-31(42)37-15-7-8-25-18-26(11-14-30(25)47-6)34(43)40-29(35(44)39-27)17-24-9-12-28(46-5)13-10-24/h9-14,18,21-23,27,29H,7-8,15-17,19-20H2,1-6H3,(H,37,42)(H,39,44)(H,40,43)/t27-,29-/m0/s1. The molecule has 2 heterocycles. The highest BCUT2D eigenvalue weighted by molar-refractivity contribution is 5.98. The summed E-state index contributed by atoms with van der Waals surface area (Å²) >= 11 is 0. The van der Waals surface area contributed by atoms with E-state index in [4.69, 9.17) is 13.9 Å². The van der Waals surface area contributed by atoms with Gasteiger partial charge in [0.15, 0.2) is 12.1 Å². The van der Waals surface area contributed by atoms with E-state index >= 15 is 0 Å². The quantitative estimate of drug-likeness (QED) is 0.329. The van der Waals surface area contributed by atoms with Crippen LogP contribution in [0.15, 0.2) is 53.3 Å². The third-order valence-corrected chi connectivity index (χ3v) is 8.19. The molecule has 0 aliphatic carbocycles. The highest BCUT2D eigenvalue weighted by Gasteiger charge is 2.31. The molecule has 12 nitrogen and oxygen atoms in total. The number of nitrogens with zero attached hydrogens (tertiary/aromatic N) is 2. The largest absolute Gasteiger partial charge is 0.497 e. The summed E-state index contributed by atoms with van der Waals surface area (Å²) < 4.78 is 16.3. The fourth-order valence-corrected chi connectivity index (χ4v) is 5.81. The summed E-state index contributed by atoms with van der Waals surface area (Å²) in [6.45, 7) is 7.97. The van der Waals surface area contributed by atoms with Crippen LogP contribution in [-0.4, -0.2) is 79.5 Å². The molecular formula is C36H47N5O7. The fraction of sp³-hybridized carbons (Fsp3) is 0.472. The molecule has 3 N–H and O–H groups in total. The number of carbonyl (C=O) groups excluding carboxylic acids is 4. The smallest absolute Gasteiger partial charge is 0.276 e. The van der Waals surface area contributed by atoms with E-state index in [-0.39, 0.29) is 42.9 Å². The van der Waals surface area contributed by atoms with Crippen LogP contribution in [0.25, 0.3) is 0 Å². The lowest BCUT2D eigenvalue weighted by Crippen LogP contribution is -2.54. The van der Waals surface area contributed by atoms with Gasteiger partial charge in [-0.3, -0.25) is 19.2 Å². The van der Waals surface area contributed by atoms with Gasteiger partial charge in [0, 0.05) is 37.0 Å². The molecule has 0 saturated heterocycles. The topological polar surface area (TPSA) is 152 Å². The summed E-state index contributed by atoms with van der Waals surface area (Å²) in [5.74, 6) is 0.112. The zero-order valence-corrected chi connectivity index (χ0v) is 28.6. The van der Waals surface area contributed by atoms with Gasteiger partial charge in [-0.25, -0.2) is 4.98 Å². The Kier molecular flexibility index (Phi) is 12.6. The molecule has 48 heavy (non-hydrogen) atoms. The molecule has 0 saturated carbocycles. The summed E-state index contributed by atoms with van der Waals surface area (Å²) in [5.41, 5.74) is 2.13. The minimum absolute atomic E-state index is 0.0434. The lowest BCUT2D eigenvalue weighted by Gasteiger charge is -2.30. The van der Waals surface area contributed by atoms with Crippen LogP contribution in [0.2, 0.25) is 0 Å². The second-order valence-corrected chi connectivity index (χ2v) is 12.8. The number of aryl methyl sites for hydroxylation is 1. The molecule has 4 amide bonds. The van der Waals surface area contributed by atoms with Crippen LogP contribution in [0, 0.1) is 5.92 Å². The number of aromatic nitrogens is 1. The van der Waals surface area contributed by atoms with Crippen LogP contribution in [-0.2, 0) is 22.4 Å². The van der Waals surface area contributed by atoms with Crippen molar-refractivity contribution in [2.45, 2.75) is 71.4 Å². The molecular weight excluding hydrogens is 614 g/mol. The van der Waals surface area contributed by atoms with E-state index in [1.54, 1.807) is 44.6 Å². The molecule has 258 valence electrons. The molecule has 2 aromatic carbocycles. The van der Waals surface area contributed by atoms with Crippen LogP contribution in [0.4, 0.5) is 0 Å². The van der Waals surface area contributed by atoms with Crippen molar-refractivity contribution in [3.05, 3.63) is 77.0 Å². The number of hydrogen-bond donors (Lipinski definition) is 3. The zero-order chi connectivity index (χ0) is 34.8. The second kappa shape index (κ2) is 16.8. The highest BCUT2D eigenvalue weighted by atomic mass is 16.5. The third-order valence-electron chi connectivity index (χ3n) is 8.19. The van der Waals surface area contributed by atoms with Crippen molar-refractivity contribution in [3.8, 4) is 11.5 Å². The molecule has 0 radical (unpaired) electrons. The van der Waals surface area contributed by atoms with E-state index in [1.165, 1.54) is 11.3 Å². The molecule has 3 aromatic rings. The predicted octanol–water partition coefficient (Wildman–Crippen LogP) is 3.89. The number of amides is 4. The molecule has 0 spiro atoms. The van der Waals surface area contributed by atoms with E-state index < -0.39 is 29.8 Å². The summed E-state index contributed by atoms with van der Waals surface area (Å²) in [7, 11) is 3.14. The van der Waals surface area contributed by atoms with Gasteiger partial charge in [-0.15, -0.1) is 0 Å². The average molecular weight is 662 g/mol. The molecule has 4 rings (SSSR count). The van der Waals surface area contributed by atoms with E-state index in [2.05, 4.69) is 20.9 Å². The Balaban J connectivity index is 1.72. The number of ether oxygens (including phenoxy) is 2. The molecule has 1 aliphatic heterocycles. The average Bonchev–Trinajstić information content (AvgIpc) is 3.56. The number of hydrogen-bond acceptors (Lipinski definition) is 8. The number of carbonyl (C=O) groups is 4. The lowest BCUT2D eigenvalue weighted by atomic mass is 10.00. The zero-order valence-electron chi connectivity index (χ0n) is 28.6. The van der Waals surface area contributed by atoms with Crippen LogP contribution in [0.3, 0.4) is 0 Å². The van der Waals surface area contributed by atoms with Crippen LogP contribution in [0.1, 0.15) is 84.2 Å². The van der Waals surface area contributed by atoms with Crippen molar-refractivity contribution < 1.29 is 33.1 Å². The molecule has 0 unspecified atom stereocenters. The predicted molar refractivity (Wildman–Crippen MR) is 180 cm³/mol. The van der Waals surface area contributed by atoms with Crippen molar-refractivity contribution in [1.29, 1.82) is 0 Å². The van der Waals surface area contributed by atoms with Crippen molar-refractivity contribution in [2.24, 2.45) is 5.92 Å². The molecule has 12 heteroatoms. The molecule has 1 aliphatic rings. The Bertz CT molecular complexity index is 1570. The Morgan fingerprint density at radius 3 is 2.44 bits per heavy atom. The molecule has 1 aromatic heterocycles. The Hall–Kier alpha value is -4.87. The minimum Gasteiger partial charge on any atom is -0.497 e. The van der Waals surface area contributed by atoms with Gasteiger partial charge < -0.3 is 34.7 Å². The van der Waals surface area contributed by atoms with Gasteiger partial charge in [0.1, 0.15) is 23.3 Å². The number of rotatable bonds is 8. The number of benzene rings is 2. The summed E-state index contributed by atoms with van der Waals surface area (Å²) in [6, 6.07) is 11.0. The van der Waals surface area contributed by atoms with Crippen molar-refractivity contribution in [3.63, 3.8) is 0 Å². The van der Waals surface area contributed by atoms with Crippen molar-refractivity contribution in [2.75, 3.05) is 33.9 Å². The fourth-order valence-electron chi connectivity index (χ4n) is 5.81. The van der Waals surface area contributed by atoms with Gasteiger partial charge in [-0.1, -0.05) is 39.8 Å². The van der Waals surface area contributed by atoms with Gasteiger partial charge in [-0.05, 0) is 66.6 Å². The van der Waals surface area contributed by atoms with Gasteiger partial charge in [-0.2, -0.15) is 0 Å². The first-order valence-corrected chi connectivity index (χ1v) is 16.4. The summed E-state index contributed by atoms with van der Waals surface area (Å²) in [6.07, 6.45) is 3.04. The first-order chi connectivity index (χ1) is 23.0. The second-order valence-electron chi connectivity index (χ2n) is 12.8. The maximum atomic E-state index is 14.1. The maximum absolute atomic E-state index is 14.1. The van der Waals surface area contributed by atoms with Gasteiger partial charge in [0.2, 0.25) is 11.8 Å². The van der Waals surface area contributed by atoms with E-state index in [9.17, 15) is 19.2 Å². The minimum atomic E-state index is -0.947. The van der Waals surface area contributed by atoms with E-state index in [0.717, 1.165) is 11.1 Å². The van der Waals surface area contributed by atoms with E-state index in [0.29, 0.717) is 48.6 Å². The van der Waals surface area contributed by atoms with E-state index in [1.807, 2.05) is 39.8 Å². The number of fused-ring (bicyclic) bond motifs is 2. The van der Waals surface area contributed by atoms with Crippen molar-refractivity contribution in [1.82, 2.24) is 25.8 Å². The molecule has 2 atom stereocenters. The first-order valence-electron chi connectivity index (χ1n) is 16.4. The monoisotopic (exact) mass is 661 g/mol. The number of nitrogens with one attached hydrogen (secondary N) is 3. The van der Waals surface area contributed by atoms with Crippen LogP contribution >= 0.6 is 0 Å². The SMILES string of the molecule is COc1ccc(C[C@@H]2NC(=O)c3ccc(OC)c(c3)CCCNC(=O)CN(C(=O)c3ncoc3C(C)C)C[C@H](CC(C)C)NC2=O)cc1. The normalized spacial score (nSPS) is 18.2. The first kappa shape index (κ1) is 36.0. The van der Waals surface area contributed by atoms with Crippen LogP contribution < -0.4 is 25.4 Å². The van der Waals surface area contributed by atoms with Gasteiger partial charge >= 0.3 is 0 Å². The third kappa shape index (κ3) is 9.58. The van der Waals surface area contributed by atoms with Gasteiger partial charge in [0.05, 0.1) is 20.8 Å². The Morgan fingerprint density at radius 1 is 1.02 bits per heavy atom. The van der Waals surface area contributed by atoms with Crippen molar-refractivity contribution >= 4 is 23.6 Å². The Morgan fingerprint density at radius 2 is 1.77 bits per heavy atom. The number of oxazole rings is 1. The maximum Gasteiger partial charge on any atom is 0.276 e. The molecule has 2 bridgehead atoms. The summed E-state index contributed by atoms with van der Waals surface area (Å²) in [4.78, 5) is 60.5. The highest BCUT2D eigenvalue weighted by Crippen LogP contribution is 2.23. The van der Waals surface area contributed by atoms with Crippen LogP contribution in [0.5, 0.6) is 11.5 Å². The van der Waals surface area contributed by atoms with Gasteiger partial charge in [0.25, 0.3) is 11.8 Å². The molecule has 0 fully saturated rings. The summed E-state index contributed by atoms with van der Waals surface area (Å²) in [5, 5.41) is 8.96. The Labute approximate surface area is 282 Å². The number of methoxy groups -OCH3 is 2. The lowest BCUT2D eigenvalue weighted by molar-refractivity contribution is -0.123.